The minimum atomic E-state index is -1.82. The zero-order chi connectivity index (χ0) is 25.4. The van der Waals surface area contributed by atoms with E-state index in [0.717, 1.165) is 26.1 Å². The molecule has 1 heterocycles. The average molecular weight is 486 g/mol. The molecule has 0 aromatic carbocycles. The lowest BCUT2D eigenvalue weighted by molar-refractivity contribution is -0.153. The molecule has 0 aromatic rings. The summed E-state index contributed by atoms with van der Waals surface area (Å²) in [6.45, 7) is 37.4. The van der Waals surface area contributed by atoms with Gasteiger partial charge in [0.05, 0.1) is 13.2 Å². The molecular weight excluding hydrogens is 426 g/mol. The molecule has 1 rings (SSSR count). The van der Waals surface area contributed by atoms with E-state index in [1.54, 1.807) is 0 Å². The quantitative estimate of drug-likeness (QED) is 0.321. The highest BCUT2D eigenvalue weighted by atomic mass is 28.4. The lowest BCUT2D eigenvalue weighted by Gasteiger charge is -2.64. The van der Waals surface area contributed by atoms with Crippen LogP contribution < -0.4 is 0 Å². The minimum Gasteiger partial charge on any atom is -0.415 e. The van der Waals surface area contributed by atoms with Gasteiger partial charge in [0.1, 0.15) is 0 Å². The maximum Gasteiger partial charge on any atom is 0.192 e. The maximum absolute atomic E-state index is 6.96. The predicted octanol–water partition coefficient (Wildman–Crippen LogP) is 8.61. The van der Waals surface area contributed by atoms with E-state index in [1.165, 1.54) is 19.3 Å². The van der Waals surface area contributed by atoms with Gasteiger partial charge in [-0.2, -0.15) is 0 Å². The number of hydrogen-bond donors (Lipinski definition) is 0. The largest absolute Gasteiger partial charge is 0.415 e. The van der Waals surface area contributed by atoms with Crippen molar-refractivity contribution in [2.75, 3.05) is 13.2 Å². The van der Waals surface area contributed by atoms with Crippen LogP contribution >= 0.6 is 0 Å². The highest BCUT2D eigenvalue weighted by molar-refractivity contribution is 6.74. The van der Waals surface area contributed by atoms with Gasteiger partial charge < -0.3 is 8.85 Å². The lowest BCUT2D eigenvalue weighted by atomic mass is 9.71. The third-order valence-electron chi connectivity index (χ3n) is 9.24. The zero-order valence-corrected chi connectivity index (χ0v) is 26.7. The van der Waals surface area contributed by atoms with Gasteiger partial charge in [0.2, 0.25) is 0 Å². The summed E-state index contributed by atoms with van der Waals surface area (Å²) in [6.07, 6.45) is 5.95. The second kappa shape index (κ2) is 9.75. The fourth-order valence-electron chi connectivity index (χ4n) is 5.11. The van der Waals surface area contributed by atoms with Crippen LogP contribution in [-0.4, -0.2) is 51.4 Å². The molecule has 1 aliphatic heterocycles. The number of nitrogens with zero attached hydrogens (tertiary/aromatic N) is 1. The molecule has 1 fully saturated rings. The molecule has 0 saturated carbocycles. The van der Waals surface area contributed by atoms with Crippen LogP contribution in [0.5, 0.6) is 0 Å². The van der Waals surface area contributed by atoms with E-state index in [0.29, 0.717) is 0 Å². The second-order valence-corrected chi connectivity index (χ2v) is 24.2. The van der Waals surface area contributed by atoms with Crippen LogP contribution in [0.4, 0.5) is 0 Å². The predicted molar refractivity (Wildman–Crippen MR) is 148 cm³/mol. The SMILES string of the molecule is CCC1(CO[Si](C)(C)C(C)(C)C)CCCC(CC)(CO[Si](C)(C)C(C)(C)C)N1C(C)(C)C. The first-order valence-electron chi connectivity index (χ1n) is 13.2. The Kier molecular flexibility index (Phi) is 9.25. The number of piperidine rings is 1. The maximum atomic E-state index is 6.96. The molecule has 192 valence electrons. The highest BCUT2D eigenvalue weighted by Gasteiger charge is 2.55. The molecule has 5 heteroatoms. The Bertz CT molecular complexity index is 567. The van der Waals surface area contributed by atoms with E-state index in [1.807, 2.05) is 0 Å². The summed E-state index contributed by atoms with van der Waals surface area (Å²) >= 11 is 0. The zero-order valence-electron chi connectivity index (χ0n) is 24.7. The molecular formula is C27H59NO2Si2. The van der Waals surface area contributed by atoms with Gasteiger partial charge in [-0.15, -0.1) is 0 Å². The Hall–Kier alpha value is 0.314. The normalized spacial score (nSPS) is 27.1. The molecule has 0 aliphatic carbocycles. The molecule has 0 amide bonds. The Morgan fingerprint density at radius 1 is 0.656 bits per heavy atom. The Morgan fingerprint density at radius 3 is 1.19 bits per heavy atom. The molecule has 1 aliphatic rings. The van der Waals surface area contributed by atoms with E-state index >= 15 is 0 Å². The molecule has 0 N–H and O–H groups in total. The van der Waals surface area contributed by atoms with Crippen molar-refractivity contribution in [2.45, 2.75) is 161 Å². The van der Waals surface area contributed by atoms with Gasteiger partial charge in [0, 0.05) is 16.6 Å². The minimum absolute atomic E-state index is 0.0556. The van der Waals surface area contributed by atoms with E-state index in [4.69, 9.17) is 8.85 Å². The summed E-state index contributed by atoms with van der Waals surface area (Å²) in [5.74, 6) is 0. The van der Waals surface area contributed by atoms with Crippen molar-refractivity contribution in [1.29, 1.82) is 0 Å². The molecule has 0 spiro atoms. The third-order valence-corrected chi connectivity index (χ3v) is 18.2. The van der Waals surface area contributed by atoms with Gasteiger partial charge >= 0.3 is 0 Å². The van der Waals surface area contributed by atoms with E-state index < -0.39 is 16.6 Å². The smallest absolute Gasteiger partial charge is 0.192 e. The molecule has 0 aromatic heterocycles. The molecule has 0 radical (unpaired) electrons. The molecule has 2 unspecified atom stereocenters. The van der Waals surface area contributed by atoms with Crippen molar-refractivity contribution >= 4 is 16.6 Å². The lowest BCUT2D eigenvalue weighted by Crippen LogP contribution is -2.73. The van der Waals surface area contributed by atoms with E-state index in [2.05, 4.69) is 107 Å². The first kappa shape index (κ1) is 30.3. The Morgan fingerprint density at radius 2 is 0.969 bits per heavy atom. The topological polar surface area (TPSA) is 21.7 Å². The number of hydrogen-bond acceptors (Lipinski definition) is 3. The third kappa shape index (κ3) is 6.30. The van der Waals surface area contributed by atoms with Crippen molar-refractivity contribution < 1.29 is 8.85 Å². The Balaban J connectivity index is 3.41. The van der Waals surface area contributed by atoms with Crippen molar-refractivity contribution in [3.8, 4) is 0 Å². The van der Waals surface area contributed by atoms with Gasteiger partial charge in [-0.25, -0.2) is 0 Å². The van der Waals surface area contributed by atoms with Crippen LogP contribution in [0.3, 0.4) is 0 Å². The fraction of sp³-hybridized carbons (Fsp3) is 1.00. The molecule has 0 bridgehead atoms. The van der Waals surface area contributed by atoms with Gasteiger partial charge in [0.25, 0.3) is 0 Å². The molecule has 1 saturated heterocycles. The molecule has 2 atom stereocenters. The Labute approximate surface area is 204 Å². The number of rotatable bonds is 8. The number of likely N-dealkylation sites (tertiary alicyclic amines) is 1. The fourth-order valence-corrected chi connectivity index (χ4v) is 7.23. The summed E-state index contributed by atoms with van der Waals surface area (Å²) in [5.41, 5.74) is 0.192. The summed E-state index contributed by atoms with van der Waals surface area (Å²) in [5, 5.41) is 0.465. The van der Waals surface area contributed by atoms with Crippen LogP contribution in [0.2, 0.25) is 36.3 Å². The monoisotopic (exact) mass is 485 g/mol. The van der Waals surface area contributed by atoms with Gasteiger partial charge in [-0.05, 0) is 89.1 Å². The summed E-state index contributed by atoms with van der Waals surface area (Å²) in [6, 6.07) is 0. The van der Waals surface area contributed by atoms with Crippen LogP contribution in [0.15, 0.2) is 0 Å². The molecule has 3 nitrogen and oxygen atoms in total. The van der Waals surface area contributed by atoms with Crippen LogP contribution in [0.1, 0.15) is 108 Å². The first-order chi connectivity index (χ1) is 14.1. The van der Waals surface area contributed by atoms with Crippen molar-refractivity contribution in [3.63, 3.8) is 0 Å². The van der Waals surface area contributed by atoms with Crippen LogP contribution in [0, 0.1) is 0 Å². The van der Waals surface area contributed by atoms with E-state index in [-0.39, 0.29) is 26.7 Å². The summed E-state index contributed by atoms with van der Waals surface area (Å²) < 4.78 is 13.9. The van der Waals surface area contributed by atoms with Crippen molar-refractivity contribution in [2.24, 2.45) is 0 Å². The second-order valence-electron chi connectivity index (χ2n) is 14.6. The average Bonchev–Trinajstić information content (AvgIpc) is 2.62. The standard InChI is InChI=1S/C27H59NO2Si2/c1-16-26(21-29-31(12,13)24(6,7)8)19-18-20-27(17-2,28(26)23(3,4)5)22-30-32(14,15)25(9,10)11/h16-22H2,1-15H3. The first-order valence-corrected chi connectivity index (χ1v) is 19.0. The summed E-state index contributed by atoms with van der Waals surface area (Å²) in [7, 11) is -3.64. The van der Waals surface area contributed by atoms with Crippen LogP contribution in [-0.2, 0) is 8.85 Å². The molecule has 32 heavy (non-hydrogen) atoms. The van der Waals surface area contributed by atoms with Crippen molar-refractivity contribution in [3.05, 3.63) is 0 Å². The van der Waals surface area contributed by atoms with Gasteiger partial charge in [-0.3, -0.25) is 4.90 Å². The highest BCUT2D eigenvalue weighted by Crippen LogP contribution is 2.49. The van der Waals surface area contributed by atoms with Gasteiger partial charge in [-0.1, -0.05) is 55.4 Å². The van der Waals surface area contributed by atoms with Crippen molar-refractivity contribution in [1.82, 2.24) is 4.90 Å². The summed E-state index contributed by atoms with van der Waals surface area (Å²) in [4.78, 5) is 2.89. The van der Waals surface area contributed by atoms with Gasteiger partial charge in [0.15, 0.2) is 16.6 Å². The van der Waals surface area contributed by atoms with Crippen LogP contribution in [0.25, 0.3) is 0 Å². The van der Waals surface area contributed by atoms with E-state index in [9.17, 15) is 0 Å².